The Kier molecular flexibility index (Phi) is 1.46. The van der Waals surface area contributed by atoms with Gasteiger partial charge in [-0.25, -0.2) is 4.98 Å². The Morgan fingerprint density at radius 1 is 1.43 bits per heavy atom. The van der Waals surface area contributed by atoms with Gasteiger partial charge in [0.25, 0.3) is 0 Å². The summed E-state index contributed by atoms with van der Waals surface area (Å²) < 4.78 is 21.8. The molecule has 0 bridgehead atoms. The van der Waals surface area contributed by atoms with Gasteiger partial charge in [-0.05, 0) is 31.5 Å². The van der Waals surface area contributed by atoms with Crippen molar-refractivity contribution >= 4 is 11.0 Å². The smallest absolute Gasteiger partial charge is 0.0893 e. The molecule has 0 radical (unpaired) electrons. The fourth-order valence-electron chi connectivity index (χ4n) is 1.29. The van der Waals surface area contributed by atoms with Gasteiger partial charge in [-0.1, -0.05) is 6.07 Å². The van der Waals surface area contributed by atoms with Crippen LogP contribution in [-0.4, -0.2) is 15.1 Å². The number of aliphatic hydroxyl groups excluding tert-OH is 1. The van der Waals surface area contributed by atoms with Crippen molar-refractivity contribution in [2.45, 2.75) is 19.9 Å². The normalized spacial score (nSPS) is 17.1. The third-order valence-corrected chi connectivity index (χ3v) is 2.05. The van der Waals surface area contributed by atoms with Gasteiger partial charge in [-0.3, -0.25) is 4.98 Å². The van der Waals surface area contributed by atoms with Crippen LogP contribution in [0.1, 0.15) is 28.4 Å². The molecule has 72 valence electrons. The molecule has 1 aromatic carbocycles. The SMILES string of the molecule is [2H]C([2H])([2H])c1cnc2ccc(C(C)O)cc2n1. The van der Waals surface area contributed by atoms with E-state index in [0.717, 1.165) is 0 Å². The molecule has 3 nitrogen and oxygen atoms in total. The summed E-state index contributed by atoms with van der Waals surface area (Å²) in [5.41, 5.74) is 1.75. The second kappa shape index (κ2) is 3.35. The van der Waals surface area contributed by atoms with Gasteiger partial charge in [-0.15, -0.1) is 0 Å². The van der Waals surface area contributed by atoms with E-state index in [-0.39, 0.29) is 5.69 Å². The molecule has 1 N–H and O–H groups in total. The van der Waals surface area contributed by atoms with Crippen LogP contribution in [-0.2, 0) is 0 Å². The number of benzene rings is 1. The van der Waals surface area contributed by atoms with Gasteiger partial charge in [0.2, 0.25) is 0 Å². The zero-order valence-corrected chi connectivity index (χ0v) is 7.73. The minimum atomic E-state index is -2.26. The van der Waals surface area contributed by atoms with Crippen molar-refractivity contribution in [3.05, 3.63) is 35.7 Å². The first-order valence-corrected chi connectivity index (χ1v) is 4.33. The predicted octanol–water partition coefficient (Wildman–Crippen LogP) is 1.99. The van der Waals surface area contributed by atoms with Crippen molar-refractivity contribution in [2.75, 3.05) is 0 Å². The lowest BCUT2D eigenvalue weighted by atomic mass is 10.1. The Morgan fingerprint density at radius 3 is 3.00 bits per heavy atom. The van der Waals surface area contributed by atoms with Crippen molar-refractivity contribution in [1.29, 1.82) is 0 Å². The quantitative estimate of drug-likeness (QED) is 0.749. The number of nitrogens with zero attached hydrogens (tertiary/aromatic N) is 2. The number of aryl methyl sites for hydroxylation is 1. The highest BCUT2D eigenvalue weighted by molar-refractivity contribution is 5.74. The first-order valence-electron chi connectivity index (χ1n) is 5.83. The zero-order chi connectivity index (χ0) is 12.6. The van der Waals surface area contributed by atoms with Crippen LogP contribution in [0.15, 0.2) is 24.4 Å². The minimum absolute atomic E-state index is 0.0345. The van der Waals surface area contributed by atoms with Crippen molar-refractivity contribution in [2.24, 2.45) is 0 Å². The van der Waals surface area contributed by atoms with Crippen molar-refractivity contribution in [1.82, 2.24) is 9.97 Å². The summed E-state index contributed by atoms with van der Waals surface area (Å²) in [6, 6.07) is 5.12. The third-order valence-electron chi connectivity index (χ3n) is 2.05. The standard InChI is InChI=1S/C11H12N2O/c1-7-6-12-10-4-3-9(8(2)14)5-11(10)13-7/h3-6,8,14H,1-2H3/i1D3. The van der Waals surface area contributed by atoms with E-state index in [2.05, 4.69) is 9.97 Å². The van der Waals surface area contributed by atoms with E-state index >= 15 is 0 Å². The maximum Gasteiger partial charge on any atom is 0.0893 e. The summed E-state index contributed by atoms with van der Waals surface area (Å²) in [4.78, 5) is 8.10. The van der Waals surface area contributed by atoms with Crippen LogP contribution in [0.3, 0.4) is 0 Å². The van der Waals surface area contributed by atoms with Gasteiger partial charge < -0.3 is 5.11 Å². The first kappa shape index (κ1) is 6.09. The summed E-state index contributed by atoms with van der Waals surface area (Å²) in [5, 5.41) is 9.45. The summed E-state index contributed by atoms with van der Waals surface area (Å²) in [5.74, 6) is 0. The topological polar surface area (TPSA) is 46.0 Å². The molecule has 2 aromatic rings. The van der Waals surface area contributed by atoms with E-state index in [1.807, 2.05) is 0 Å². The summed E-state index contributed by atoms with van der Waals surface area (Å²) in [6.45, 7) is -0.621. The number of rotatable bonds is 1. The van der Waals surface area contributed by atoms with Crippen LogP contribution in [0.5, 0.6) is 0 Å². The molecular formula is C11H12N2O. The third kappa shape index (κ3) is 1.59. The highest BCUT2D eigenvalue weighted by atomic mass is 16.3. The van der Waals surface area contributed by atoms with Gasteiger partial charge in [0.1, 0.15) is 0 Å². The van der Waals surface area contributed by atoms with Crippen LogP contribution in [0.25, 0.3) is 11.0 Å². The molecule has 0 spiro atoms. The Bertz CT molecular complexity index is 552. The van der Waals surface area contributed by atoms with Crippen LogP contribution in [0.2, 0.25) is 0 Å². The molecule has 1 atom stereocenters. The fraction of sp³-hybridized carbons (Fsp3) is 0.273. The first-order chi connectivity index (χ1) is 7.88. The predicted molar refractivity (Wildman–Crippen MR) is 54.9 cm³/mol. The van der Waals surface area contributed by atoms with Crippen LogP contribution in [0.4, 0.5) is 0 Å². The maximum atomic E-state index is 9.45. The molecule has 0 aliphatic carbocycles. The molecule has 0 saturated heterocycles. The van der Waals surface area contributed by atoms with Crippen LogP contribution in [0, 0.1) is 6.85 Å². The Morgan fingerprint density at radius 2 is 2.29 bits per heavy atom. The van der Waals surface area contributed by atoms with Crippen molar-refractivity contribution in [3.63, 3.8) is 0 Å². The highest BCUT2D eigenvalue weighted by Crippen LogP contribution is 2.17. The summed E-state index contributed by atoms with van der Waals surface area (Å²) in [7, 11) is 0. The second-order valence-electron chi connectivity index (χ2n) is 3.18. The Hall–Kier alpha value is -1.48. The number of fused-ring (bicyclic) bond motifs is 1. The molecule has 0 amide bonds. The number of aromatic nitrogens is 2. The minimum Gasteiger partial charge on any atom is -0.389 e. The Balaban J connectivity index is 2.59. The molecule has 2 rings (SSSR count). The zero-order valence-electron chi connectivity index (χ0n) is 10.7. The van der Waals surface area contributed by atoms with Gasteiger partial charge in [0, 0.05) is 10.3 Å². The Labute approximate surface area is 86.7 Å². The maximum absolute atomic E-state index is 9.45. The molecule has 14 heavy (non-hydrogen) atoms. The van der Waals surface area contributed by atoms with E-state index in [1.54, 1.807) is 25.1 Å². The molecule has 0 aliphatic heterocycles. The molecule has 0 fully saturated rings. The summed E-state index contributed by atoms with van der Waals surface area (Å²) >= 11 is 0. The monoisotopic (exact) mass is 191 g/mol. The van der Waals surface area contributed by atoms with E-state index in [9.17, 15) is 5.11 Å². The molecule has 0 aliphatic rings. The fourth-order valence-corrected chi connectivity index (χ4v) is 1.29. The van der Waals surface area contributed by atoms with Gasteiger partial charge in [-0.2, -0.15) is 0 Å². The summed E-state index contributed by atoms with van der Waals surface area (Å²) in [6.07, 6.45) is 0.648. The molecular weight excluding hydrogens is 176 g/mol. The van der Waals surface area contributed by atoms with Crippen LogP contribution < -0.4 is 0 Å². The molecule has 1 unspecified atom stereocenters. The largest absolute Gasteiger partial charge is 0.389 e. The average molecular weight is 191 g/mol. The van der Waals surface area contributed by atoms with E-state index in [4.69, 9.17) is 4.11 Å². The number of aliphatic hydroxyl groups is 1. The van der Waals surface area contributed by atoms with Gasteiger partial charge >= 0.3 is 0 Å². The number of hydrogen-bond acceptors (Lipinski definition) is 3. The van der Waals surface area contributed by atoms with Crippen LogP contribution >= 0.6 is 0 Å². The van der Waals surface area contributed by atoms with E-state index in [0.29, 0.717) is 16.6 Å². The van der Waals surface area contributed by atoms with Crippen molar-refractivity contribution in [3.8, 4) is 0 Å². The lowest BCUT2D eigenvalue weighted by Crippen LogP contribution is -1.93. The van der Waals surface area contributed by atoms with Crippen molar-refractivity contribution < 1.29 is 9.22 Å². The molecule has 0 saturated carbocycles. The van der Waals surface area contributed by atoms with Gasteiger partial charge in [0.15, 0.2) is 0 Å². The molecule has 3 heteroatoms. The lowest BCUT2D eigenvalue weighted by molar-refractivity contribution is 0.199. The highest BCUT2D eigenvalue weighted by Gasteiger charge is 2.03. The average Bonchev–Trinajstić information content (AvgIpc) is 2.26. The number of hydrogen-bond donors (Lipinski definition) is 1. The van der Waals surface area contributed by atoms with Gasteiger partial charge in [0.05, 0.1) is 22.8 Å². The lowest BCUT2D eigenvalue weighted by Gasteiger charge is -2.05. The van der Waals surface area contributed by atoms with E-state index in [1.165, 1.54) is 6.20 Å². The second-order valence-corrected chi connectivity index (χ2v) is 3.18. The molecule has 1 heterocycles. The molecule has 1 aromatic heterocycles. The van der Waals surface area contributed by atoms with E-state index < -0.39 is 13.0 Å².